The number of nitrogens with one attached hydrogen (secondary N) is 1. The molecule has 1 saturated heterocycles. The molecule has 1 aliphatic rings. The Bertz CT molecular complexity index is 690. The van der Waals surface area contributed by atoms with Gasteiger partial charge in [0.15, 0.2) is 6.61 Å². The largest absolute Gasteiger partial charge is 0.496 e. The summed E-state index contributed by atoms with van der Waals surface area (Å²) in [5.41, 5.74) is 0.779. The van der Waals surface area contributed by atoms with Gasteiger partial charge >= 0.3 is 12.0 Å². The number of hydrogen-bond donors (Lipinski definition) is 1. The fourth-order valence-electron chi connectivity index (χ4n) is 2.24. The fourth-order valence-corrected chi connectivity index (χ4v) is 2.24. The second-order valence-electron chi connectivity index (χ2n) is 5.37. The van der Waals surface area contributed by atoms with Gasteiger partial charge in [-0.05, 0) is 6.07 Å². The molecule has 25 heavy (non-hydrogen) atoms. The maximum atomic E-state index is 11.8. The van der Waals surface area contributed by atoms with Gasteiger partial charge in [0.1, 0.15) is 18.8 Å². The first-order chi connectivity index (χ1) is 11.9. The van der Waals surface area contributed by atoms with Crippen LogP contribution in [0.3, 0.4) is 0 Å². The lowest BCUT2D eigenvalue weighted by molar-refractivity contribution is -0.150. The van der Waals surface area contributed by atoms with E-state index in [0.717, 1.165) is 10.5 Å². The zero-order valence-corrected chi connectivity index (χ0v) is 14.0. The van der Waals surface area contributed by atoms with Crippen molar-refractivity contribution in [3.05, 3.63) is 29.8 Å². The van der Waals surface area contributed by atoms with E-state index in [0.29, 0.717) is 5.75 Å². The smallest absolute Gasteiger partial charge is 0.327 e. The molecule has 1 aromatic rings. The number of imide groups is 1. The van der Waals surface area contributed by atoms with Gasteiger partial charge in [0.25, 0.3) is 11.8 Å². The highest BCUT2D eigenvalue weighted by Crippen LogP contribution is 2.16. The molecule has 0 spiro atoms. The quantitative estimate of drug-likeness (QED) is 0.537. The minimum atomic E-state index is -0.829. The summed E-state index contributed by atoms with van der Waals surface area (Å²) in [6, 6.07) is 6.62. The molecule has 1 heterocycles. The Balaban J connectivity index is 1.75. The number of amides is 4. The number of rotatable bonds is 7. The Morgan fingerprint density at radius 2 is 1.96 bits per heavy atom. The molecule has 0 unspecified atom stereocenters. The predicted molar refractivity (Wildman–Crippen MR) is 85.5 cm³/mol. The van der Waals surface area contributed by atoms with Crippen molar-refractivity contribution in [1.29, 1.82) is 0 Å². The molecule has 134 valence electrons. The van der Waals surface area contributed by atoms with Crippen molar-refractivity contribution in [2.45, 2.75) is 6.54 Å². The second kappa shape index (κ2) is 8.13. The van der Waals surface area contributed by atoms with Gasteiger partial charge in [0.2, 0.25) is 0 Å². The molecule has 0 atom stereocenters. The van der Waals surface area contributed by atoms with Crippen molar-refractivity contribution in [2.24, 2.45) is 0 Å². The number of carbonyl (C=O) groups excluding carboxylic acids is 4. The monoisotopic (exact) mass is 349 g/mol. The number of benzene rings is 1. The van der Waals surface area contributed by atoms with Crippen LogP contribution in [0.4, 0.5) is 4.79 Å². The van der Waals surface area contributed by atoms with Crippen LogP contribution < -0.4 is 10.1 Å². The molecule has 0 bridgehead atoms. The summed E-state index contributed by atoms with van der Waals surface area (Å²) in [7, 11) is 2.98. The van der Waals surface area contributed by atoms with Crippen molar-refractivity contribution < 1.29 is 28.7 Å². The number of hydrogen-bond acceptors (Lipinski definition) is 6. The number of esters is 1. The number of nitrogens with zero attached hydrogens (tertiary/aromatic N) is 2. The molecule has 0 radical (unpaired) electrons. The van der Waals surface area contributed by atoms with Crippen molar-refractivity contribution in [3.63, 3.8) is 0 Å². The van der Waals surface area contributed by atoms with Crippen LogP contribution in [-0.2, 0) is 25.7 Å². The van der Waals surface area contributed by atoms with Gasteiger partial charge in [-0.1, -0.05) is 18.2 Å². The molecular formula is C16H19N3O6. The number of para-hydroxylation sites is 1. The number of likely N-dealkylation sites (N-methyl/N-ethyl adjacent to an activating group) is 1. The van der Waals surface area contributed by atoms with E-state index in [2.05, 4.69) is 5.32 Å². The summed E-state index contributed by atoms with van der Waals surface area (Å²) in [6.07, 6.45) is 0. The third kappa shape index (κ3) is 4.69. The van der Waals surface area contributed by atoms with Gasteiger partial charge < -0.3 is 19.7 Å². The van der Waals surface area contributed by atoms with Crippen molar-refractivity contribution in [2.75, 3.05) is 33.9 Å². The molecule has 1 aromatic carbocycles. The average molecular weight is 349 g/mol. The molecule has 0 saturated carbocycles. The molecule has 9 heteroatoms. The molecule has 9 nitrogen and oxygen atoms in total. The van der Waals surface area contributed by atoms with Crippen LogP contribution in [0.1, 0.15) is 5.56 Å². The predicted octanol–water partition coefficient (Wildman–Crippen LogP) is -0.251. The van der Waals surface area contributed by atoms with E-state index >= 15 is 0 Å². The van der Waals surface area contributed by atoms with Gasteiger partial charge in [-0.2, -0.15) is 0 Å². The summed E-state index contributed by atoms with van der Waals surface area (Å²) in [6.45, 7) is -0.873. The second-order valence-corrected chi connectivity index (χ2v) is 5.37. The van der Waals surface area contributed by atoms with Crippen molar-refractivity contribution in [1.82, 2.24) is 15.1 Å². The summed E-state index contributed by atoms with van der Waals surface area (Å²) >= 11 is 0. The summed E-state index contributed by atoms with van der Waals surface area (Å²) in [4.78, 5) is 48.6. The lowest BCUT2D eigenvalue weighted by atomic mass is 10.2. The minimum Gasteiger partial charge on any atom is -0.496 e. The maximum absolute atomic E-state index is 11.8. The molecular weight excluding hydrogens is 330 g/mol. The standard InChI is InChI=1S/C16H19N3O6/c1-18-8-14(21)19(16(18)23)9-15(22)25-10-13(20)17-7-11-5-3-4-6-12(11)24-2/h3-6H,7-10H2,1-2H3,(H,17,20). The first-order valence-corrected chi connectivity index (χ1v) is 7.52. The average Bonchev–Trinajstić information content (AvgIpc) is 2.84. The minimum absolute atomic E-state index is 0.0779. The zero-order chi connectivity index (χ0) is 18.4. The van der Waals surface area contributed by atoms with Gasteiger partial charge in [0.05, 0.1) is 7.11 Å². The number of ether oxygens (including phenoxy) is 2. The number of methoxy groups -OCH3 is 1. The summed E-state index contributed by atoms with van der Waals surface area (Å²) in [5.74, 6) is -1.18. The van der Waals surface area contributed by atoms with E-state index in [-0.39, 0.29) is 13.1 Å². The third-order valence-electron chi connectivity index (χ3n) is 3.55. The van der Waals surface area contributed by atoms with Crippen LogP contribution in [0, 0.1) is 0 Å². The van der Waals surface area contributed by atoms with Crippen LogP contribution in [0.15, 0.2) is 24.3 Å². The maximum Gasteiger partial charge on any atom is 0.327 e. The van der Waals surface area contributed by atoms with E-state index in [4.69, 9.17) is 9.47 Å². The third-order valence-corrected chi connectivity index (χ3v) is 3.55. The molecule has 4 amide bonds. The first kappa shape index (κ1) is 18.2. The van der Waals surface area contributed by atoms with Crippen LogP contribution >= 0.6 is 0 Å². The van der Waals surface area contributed by atoms with E-state index in [9.17, 15) is 19.2 Å². The van der Waals surface area contributed by atoms with Gasteiger partial charge in [-0.15, -0.1) is 0 Å². The topological polar surface area (TPSA) is 105 Å². The van der Waals surface area contributed by atoms with Gasteiger partial charge in [-0.25, -0.2) is 4.79 Å². The molecule has 2 rings (SSSR count). The van der Waals surface area contributed by atoms with Crippen LogP contribution in [0.5, 0.6) is 5.75 Å². The Morgan fingerprint density at radius 1 is 1.24 bits per heavy atom. The number of carbonyl (C=O) groups is 4. The summed E-state index contributed by atoms with van der Waals surface area (Å²) in [5, 5.41) is 2.60. The van der Waals surface area contributed by atoms with Crippen LogP contribution in [0.2, 0.25) is 0 Å². The Labute approximate surface area is 144 Å². The Morgan fingerprint density at radius 3 is 2.60 bits per heavy atom. The fraction of sp³-hybridized carbons (Fsp3) is 0.375. The molecule has 1 aliphatic heterocycles. The molecule has 1 fully saturated rings. The lowest BCUT2D eigenvalue weighted by Crippen LogP contribution is -2.38. The number of urea groups is 1. The van der Waals surface area contributed by atoms with E-state index < -0.39 is 37.0 Å². The van der Waals surface area contributed by atoms with Crippen molar-refractivity contribution >= 4 is 23.8 Å². The van der Waals surface area contributed by atoms with Crippen LogP contribution in [-0.4, -0.2) is 67.5 Å². The highest BCUT2D eigenvalue weighted by Gasteiger charge is 2.35. The van der Waals surface area contributed by atoms with Crippen molar-refractivity contribution in [3.8, 4) is 5.75 Å². The summed E-state index contributed by atoms with van der Waals surface area (Å²) < 4.78 is 9.96. The van der Waals surface area contributed by atoms with Gasteiger partial charge in [-0.3, -0.25) is 19.3 Å². The molecule has 1 N–H and O–H groups in total. The lowest BCUT2D eigenvalue weighted by Gasteiger charge is -2.13. The SMILES string of the molecule is COc1ccccc1CNC(=O)COC(=O)CN1C(=O)CN(C)C1=O. The highest BCUT2D eigenvalue weighted by atomic mass is 16.5. The van der Waals surface area contributed by atoms with E-state index in [1.165, 1.54) is 19.1 Å². The van der Waals surface area contributed by atoms with Crippen LogP contribution in [0.25, 0.3) is 0 Å². The Kier molecular flexibility index (Phi) is 5.93. The van der Waals surface area contributed by atoms with E-state index in [1.807, 2.05) is 12.1 Å². The van der Waals surface area contributed by atoms with Gasteiger partial charge in [0, 0.05) is 19.2 Å². The highest BCUT2D eigenvalue weighted by molar-refractivity contribution is 6.04. The Hall–Kier alpha value is -3.10. The molecule has 0 aliphatic carbocycles. The first-order valence-electron chi connectivity index (χ1n) is 7.52. The van der Waals surface area contributed by atoms with E-state index in [1.54, 1.807) is 12.1 Å². The normalized spacial score (nSPS) is 13.8. The molecule has 0 aromatic heterocycles. The zero-order valence-electron chi connectivity index (χ0n) is 14.0.